The van der Waals surface area contributed by atoms with Crippen molar-refractivity contribution < 1.29 is 9.90 Å². The number of hydrogen-bond donors (Lipinski definition) is 0. The molecule has 1 aromatic heterocycles. The van der Waals surface area contributed by atoms with Crippen molar-refractivity contribution in [2.45, 2.75) is 0 Å². The van der Waals surface area contributed by atoms with Gasteiger partial charge in [0.05, 0.1) is 22.6 Å². The molecule has 5 heteroatoms. The number of benzene rings is 2. The van der Waals surface area contributed by atoms with Gasteiger partial charge in [-0.15, -0.1) is 0 Å². The molecule has 0 radical (unpaired) electrons. The fourth-order valence-electron chi connectivity index (χ4n) is 2.01. The van der Waals surface area contributed by atoms with Gasteiger partial charge in [-0.1, -0.05) is 24.3 Å². The standard InChI is InChI=1S/C15H10N2O3/c18-14-12-3-1-2-4-13(12)16-9-17(14)11-7-5-10(6-8-11)15(19)20/h1-9H,(H,19,20)/p-1. The van der Waals surface area contributed by atoms with E-state index < -0.39 is 5.97 Å². The number of carbonyl (C=O) groups excluding carboxylic acids is 1. The Bertz CT molecular complexity index is 851. The minimum Gasteiger partial charge on any atom is -0.545 e. The maximum Gasteiger partial charge on any atom is 0.265 e. The molecule has 0 saturated heterocycles. The molecule has 2 aromatic carbocycles. The van der Waals surface area contributed by atoms with Crippen LogP contribution in [0.15, 0.2) is 59.7 Å². The third kappa shape index (κ3) is 1.95. The van der Waals surface area contributed by atoms with Crippen LogP contribution in [0.1, 0.15) is 10.4 Å². The van der Waals surface area contributed by atoms with Gasteiger partial charge in [0.15, 0.2) is 0 Å². The number of hydrogen-bond acceptors (Lipinski definition) is 4. The largest absolute Gasteiger partial charge is 0.545 e. The summed E-state index contributed by atoms with van der Waals surface area (Å²) < 4.78 is 1.38. The summed E-state index contributed by atoms with van der Waals surface area (Å²) in [5, 5.41) is 11.2. The van der Waals surface area contributed by atoms with E-state index in [2.05, 4.69) is 4.98 Å². The normalized spacial score (nSPS) is 10.6. The summed E-state index contributed by atoms with van der Waals surface area (Å²) in [4.78, 5) is 27.3. The molecule has 0 N–H and O–H groups in total. The molecule has 0 amide bonds. The first kappa shape index (κ1) is 12.1. The molecule has 3 rings (SSSR count). The van der Waals surface area contributed by atoms with Crippen molar-refractivity contribution in [3.05, 3.63) is 70.8 Å². The SMILES string of the molecule is O=C([O-])c1ccc(-n2cnc3ccccc3c2=O)cc1. The van der Waals surface area contributed by atoms with Crippen LogP contribution < -0.4 is 10.7 Å². The molecule has 0 unspecified atom stereocenters. The molecule has 1 heterocycles. The van der Waals surface area contributed by atoms with Crippen LogP contribution in [-0.4, -0.2) is 15.5 Å². The maximum absolute atomic E-state index is 12.3. The van der Waals surface area contributed by atoms with E-state index in [0.29, 0.717) is 16.6 Å². The molecular weight excluding hydrogens is 256 g/mol. The van der Waals surface area contributed by atoms with Gasteiger partial charge in [0.25, 0.3) is 5.56 Å². The molecule has 0 spiro atoms. The zero-order valence-corrected chi connectivity index (χ0v) is 10.3. The summed E-state index contributed by atoms with van der Waals surface area (Å²) in [6, 6.07) is 12.9. The predicted molar refractivity (Wildman–Crippen MR) is 71.7 cm³/mol. The zero-order chi connectivity index (χ0) is 14.1. The first-order valence-electron chi connectivity index (χ1n) is 5.95. The number of carbonyl (C=O) groups is 1. The van der Waals surface area contributed by atoms with Gasteiger partial charge in [-0.3, -0.25) is 9.36 Å². The highest BCUT2D eigenvalue weighted by Crippen LogP contribution is 2.10. The summed E-state index contributed by atoms with van der Waals surface area (Å²) in [5.41, 5.74) is 1.05. The van der Waals surface area contributed by atoms with Crippen molar-refractivity contribution in [1.29, 1.82) is 0 Å². The van der Waals surface area contributed by atoms with Gasteiger partial charge in [0.2, 0.25) is 0 Å². The lowest BCUT2D eigenvalue weighted by Gasteiger charge is -2.08. The van der Waals surface area contributed by atoms with Crippen LogP contribution in [0.4, 0.5) is 0 Å². The fraction of sp³-hybridized carbons (Fsp3) is 0. The molecule has 0 fully saturated rings. The quantitative estimate of drug-likeness (QED) is 0.685. The van der Waals surface area contributed by atoms with E-state index in [1.54, 1.807) is 30.3 Å². The highest BCUT2D eigenvalue weighted by atomic mass is 16.4. The van der Waals surface area contributed by atoms with Gasteiger partial charge in [0, 0.05) is 0 Å². The summed E-state index contributed by atoms with van der Waals surface area (Å²) >= 11 is 0. The third-order valence-electron chi connectivity index (χ3n) is 3.05. The van der Waals surface area contributed by atoms with E-state index in [1.807, 2.05) is 6.07 Å². The molecule has 0 saturated carbocycles. The number of carboxylic acid groups (broad SMARTS) is 1. The molecule has 0 aliphatic rings. The molecule has 0 atom stereocenters. The van der Waals surface area contributed by atoms with Crippen LogP contribution in [0.5, 0.6) is 0 Å². The van der Waals surface area contributed by atoms with Crippen LogP contribution in [0.25, 0.3) is 16.6 Å². The lowest BCUT2D eigenvalue weighted by Crippen LogP contribution is -2.22. The minimum atomic E-state index is -1.25. The van der Waals surface area contributed by atoms with E-state index in [9.17, 15) is 14.7 Å². The first-order chi connectivity index (χ1) is 9.66. The van der Waals surface area contributed by atoms with Gasteiger partial charge < -0.3 is 9.90 Å². The monoisotopic (exact) mass is 265 g/mol. The van der Waals surface area contributed by atoms with E-state index in [1.165, 1.54) is 23.0 Å². The summed E-state index contributed by atoms with van der Waals surface area (Å²) in [5.74, 6) is -1.25. The lowest BCUT2D eigenvalue weighted by molar-refractivity contribution is -0.255. The molecule has 5 nitrogen and oxygen atoms in total. The average Bonchev–Trinajstić information content (AvgIpc) is 2.48. The third-order valence-corrected chi connectivity index (χ3v) is 3.05. The van der Waals surface area contributed by atoms with Crippen LogP contribution >= 0.6 is 0 Å². The van der Waals surface area contributed by atoms with E-state index >= 15 is 0 Å². The summed E-state index contributed by atoms with van der Waals surface area (Å²) in [7, 11) is 0. The van der Waals surface area contributed by atoms with Crippen molar-refractivity contribution in [1.82, 2.24) is 9.55 Å². The highest BCUT2D eigenvalue weighted by molar-refractivity contribution is 5.86. The Kier molecular flexibility index (Phi) is 2.80. The van der Waals surface area contributed by atoms with Crippen molar-refractivity contribution in [2.24, 2.45) is 0 Å². The molecule has 0 aliphatic heterocycles. The van der Waals surface area contributed by atoms with Crippen LogP contribution in [0.3, 0.4) is 0 Å². The number of para-hydroxylation sites is 1. The van der Waals surface area contributed by atoms with Crippen molar-refractivity contribution in [3.8, 4) is 5.69 Å². The molecule has 20 heavy (non-hydrogen) atoms. The first-order valence-corrected chi connectivity index (χ1v) is 5.95. The Labute approximate surface area is 113 Å². The summed E-state index contributed by atoms with van der Waals surface area (Å²) in [6.45, 7) is 0. The van der Waals surface area contributed by atoms with Gasteiger partial charge >= 0.3 is 0 Å². The van der Waals surface area contributed by atoms with E-state index in [-0.39, 0.29) is 11.1 Å². The van der Waals surface area contributed by atoms with E-state index in [0.717, 1.165) is 0 Å². The van der Waals surface area contributed by atoms with Crippen molar-refractivity contribution in [2.75, 3.05) is 0 Å². The number of carboxylic acids is 1. The Hall–Kier alpha value is -2.95. The van der Waals surface area contributed by atoms with Gasteiger partial charge in [0.1, 0.15) is 6.33 Å². The predicted octanol–water partition coefficient (Wildman–Crippen LogP) is 0.749. The van der Waals surface area contributed by atoms with Gasteiger partial charge in [-0.05, 0) is 29.8 Å². The highest BCUT2D eigenvalue weighted by Gasteiger charge is 2.05. The van der Waals surface area contributed by atoms with Crippen molar-refractivity contribution in [3.63, 3.8) is 0 Å². The summed E-state index contributed by atoms with van der Waals surface area (Å²) in [6.07, 6.45) is 1.43. The zero-order valence-electron chi connectivity index (χ0n) is 10.3. The van der Waals surface area contributed by atoms with Crippen LogP contribution in [-0.2, 0) is 0 Å². The Morgan fingerprint density at radius 3 is 2.45 bits per heavy atom. The smallest absolute Gasteiger partial charge is 0.265 e. The maximum atomic E-state index is 12.3. The number of aromatic carboxylic acids is 1. The fourth-order valence-corrected chi connectivity index (χ4v) is 2.01. The second-order valence-corrected chi connectivity index (χ2v) is 4.27. The average molecular weight is 265 g/mol. The second kappa shape index (κ2) is 4.62. The van der Waals surface area contributed by atoms with Crippen LogP contribution in [0, 0.1) is 0 Å². The number of aromatic nitrogens is 2. The molecule has 98 valence electrons. The molecule has 0 bridgehead atoms. The molecule has 3 aromatic rings. The number of fused-ring (bicyclic) bond motifs is 1. The number of rotatable bonds is 2. The molecular formula is C15H9N2O3-. The van der Waals surface area contributed by atoms with Gasteiger partial charge in [-0.2, -0.15) is 0 Å². The topological polar surface area (TPSA) is 75.0 Å². The Balaban J connectivity index is 2.17. The van der Waals surface area contributed by atoms with Crippen molar-refractivity contribution >= 4 is 16.9 Å². The van der Waals surface area contributed by atoms with Crippen LogP contribution in [0.2, 0.25) is 0 Å². The Morgan fingerprint density at radius 2 is 1.75 bits per heavy atom. The lowest BCUT2D eigenvalue weighted by atomic mass is 10.2. The Morgan fingerprint density at radius 1 is 1.05 bits per heavy atom. The molecule has 0 aliphatic carbocycles. The minimum absolute atomic E-state index is 0.0653. The number of nitrogens with zero attached hydrogens (tertiary/aromatic N) is 2. The second-order valence-electron chi connectivity index (χ2n) is 4.27. The van der Waals surface area contributed by atoms with Gasteiger partial charge in [-0.25, -0.2) is 4.98 Å². The van der Waals surface area contributed by atoms with E-state index in [4.69, 9.17) is 0 Å².